The lowest BCUT2D eigenvalue weighted by molar-refractivity contribution is -0.114. The summed E-state index contributed by atoms with van der Waals surface area (Å²) in [5, 5.41) is 10.2. The number of hydrogen-bond acceptors (Lipinski definition) is 10. The molecular formula is C42H49N5O4S4. The number of benzene rings is 2. The van der Waals surface area contributed by atoms with Gasteiger partial charge in [-0.15, -0.1) is 22.7 Å². The van der Waals surface area contributed by atoms with Crippen LogP contribution in [-0.4, -0.2) is 83.7 Å². The lowest BCUT2D eigenvalue weighted by Crippen LogP contribution is -2.62. The van der Waals surface area contributed by atoms with Gasteiger partial charge in [0.15, 0.2) is 5.78 Å². The summed E-state index contributed by atoms with van der Waals surface area (Å²) in [7, 11) is 0. The minimum absolute atomic E-state index is 0.0196. The van der Waals surface area contributed by atoms with Gasteiger partial charge in [-0.25, -0.2) is 0 Å². The molecule has 0 aliphatic carbocycles. The summed E-state index contributed by atoms with van der Waals surface area (Å²) in [5.74, 6) is 1.29. The molecule has 3 amide bonds. The van der Waals surface area contributed by atoms with Crippen molar-refractivity contribution < 1.29 is 19.2 Å². The summed E-state index contributed by atoms with van der Waals surface area (Å²) in [6.07, 6.45) is 4.75. The number of ketones is 1. The van der Waals surface area contributed by atoms with E-state index < -0.39 is 0 Å². The molecule has 2 aromatic heterocycles. The third kappa shape index (κ3) is 9.75. The average molecular weight is 816 g/mol. The number of carbonyl (C=O) groups is 4. The summed E-state index contributed by atoms with van der Waals surface area (Å²) >= 11 is 6.30. The molecule has 9 nitrogen and oxygen atoms in total. The first-order valence-corrected chi connectivity index (χ1v) is 22.4. The van der Waals surface area contributed by atoms with E-state index in [1.807, 2.05) is 72.8 Å². The molecule has 0 spiro atoms. The molecular weight excluding hydrogens is 767 g/mol. The van der Waals surface area contributed by atoms with Crippen LogP contribution in [-0.2, 0) is 4.79 Å². The Morgan fingerprint density at radius 1 is 0.600 bits per heavy atom. The maximum atomic E-state index is 12.7. The van der Waals surface area contributed by atoms with Crippen molar-refractivity contribution >= 4 is 74.7 Å². The van der Waals surface area contributed by atoms with Gasteiger partial charge in [0, 0.05) is 52.0 Å². The maximum Gasteiger partial charge on any atom is 0.251 e. The molecule has 10 rings (SSSR count). The first kappa shape index (κ1) is 39.8. The SMILES string of the molecule is CC(=O)Nc1ccc(Sc2ccc(C(=O)N[C@@H]3C4CCN(CC4)[C@H]3C)cc2)s1.CC(=O)c1ccc(Sc2ccc(C(=O)N[C@@H]3C4CCN(CC4)[C@H]3C)cc2)s1. The Morgan fingerprint density at radius 2 is 1.04 bits per heavy atom. The van der Waals surface area contributed by atoms with Crippen LogP contribution in [0.25, 0.3) is 0 Å². The Bertz CT molecular complexity index is 1980. The van der Waals surface area contributed by atoms with E-state index in [1.165, 1.54) is 43.9 Å². The molecule has 6 saturated heterocycles. The molecule has 0 unspecified atom stereocenters. The Morgan fingerprint density at radius 3 is 1.44 bits per heavy atom. The van der Waals surface area contributed by atoms with Gasteiger partial charge in [-0.2, -0.15) is 0 Å². The van der Waals surface area contributed by atoms with Crippen LogP contribution in [0.3, 0.4) is 0 Å². The predicted octanol–water partition coefficient (Wildman–Crippen LogP) is 8.38. The van der Waals surface area contributed by atoms with E-state index in [4.69, 9.17) is 0 Å². The number of hydrogen-bond donors (Lipinski definition) is 3. The van der Waals surface area contributed by atoms with Gasteiger partial charge >= 0.3 is 0 Å². The van der Waals surface area contributed by atoms with Gasteiger partial charge in [0.25, 0.3) is 11.8 Å². The molecule has 6 aliphatic rings. The number of nitrogens with zero attached hydrogens (tertiary/aromatic N) is 2. The number of anilines is 1. The molecule has 3 N–H and O–H groups in total. The van der Waals surface area contributed by atoms with Crippen LogP contribution >= 0.6 is 46.2 Å². The molecule has 4 bridgehead atoms. The van der Waals surface area contributed by atoms with E-state index in [1.54, 1.807) is 41.8 Å². The van der Waals surface area contributed by atoms with E-state index >= 15 is 0 Å². The monoisotopic (exact) mass is 815 g/mol. The Kier molecular flexibility index (Phi) is 12.8. The maximum absolute atomic E-state index is 12.7. The molecule has 6 fully saturated rings. The third-order valence-corrected chi connectivity index (χ3v) is 15.9. The highest BCUT2D eigenvalue weighted by Crippen LogP contribution is 2.37. The van der Waals surface area contributed by atoms with Crippen LogP contribution < -0.4 is 16.0 Å². The van der Waals surface area contributed by atoms with Crippen molar-refractivity contribution in [1.29, 1.82) is 0 Å². The highest BCUT2D eigenvalue weighted by molar-refractivity contribution is 8.01. The topological polar surface area (TPSA) is 111 Å². The normalized spacial score (nSPS) is 26.4. The number of nitrogens with one attached hydrogen (secondary N) is 3. The summed E-state index contributed by atoms with van der Waals surface area (Å²) in [5.41, 5.74) is 1.41. The van der Waals surface area contributed by atoms with Crippen LogP contribution in [0, 0.1) is 11.8 Å². The second-order valence-electron chi connectivity index (χ2n) is 15.0. The standard InChI is InChI=1S/C21H25N3O2S2.C21H24N2O2S2/c1-13-20(15-9-11-24(13)12-10-15)23-21(26)16-3-5-17(6-4-16)27-19-8-7-18(28-19)22-14(2)25;1-13-20(15-9-11-23(13)12-10-15)22-21(25)16-3-5-17(6-4-16)26-19-8-7-18(27-19)14(2)24/h3-8,13,15,20H,9-12H2,1-2H3,(H,22,25)(H,23,26);3-8,13,15,20H,9-12H2,1-2H3,(H,22,25)/t2*13-,20-/m00/s1. The Hall–Kier alpha value is -3.46. The fourth-order valence-corrected chi connectivity index (χ4v) is 12.4. The van der Waals surface area contributed by atoms with Gasteiger partial charge in [0.1, 0.15) is 0 Å². The molecule has 0 saturated carbocycles. The number of rotatable bonds is 10. The zero-order chi connectivity index (χ0) is 38.6. The summed E-state index contributed by atoms with van der Waals surface area (Å²) < 4.78 is 2.18. The van der Waals surface area contributed by atoms with Crippen molar-refractivity contribution in [3.8, 4) is 0 Å². The lowest BCUT2D eigenvalue weighted by atomic mass is 9.79. The highest BCUT2D eigenvalue weighted by Gasteiger charge is 2.41. The average Bonchev–Trinajstić information content (AvgIpc) is 3.85. The van der Waals surface area contributed by atoms with Crippen LogP contribution in [0.2, 0.25) is 0 Å². The largest absolute Gasteiger partial charge is 0.347 e. The summed E-state index contributed by atoms with van der Waals surface area (Å²) in [4.78, 5) is 55.9. The van der Waals surface area contributed by atoms with Gasteiger partial charge < -0.3 is 16.0 Å². The number of piperidine rings is 6. The van der Waals surface area contributed by atoms with Crippen LogP contribution in [0.5, 0.6) is 0 Å². The minimum atomic E-state index is -0.0638. The van der Waals surface area contributed by atoms with Crippen LogP contribution in [0.15, 0.2) is 91.0 Å². The van der Waals surface area contributed by atoms with E-state index in [-0.39, 0.29) is 35.6 Å². The molecule has 290 valence electrons. The zero-order valence-electron chi connectivity index (χ0n) is 31.7. The van der Waals surface area contributed by atoms with Gasteiger partial charge in [0.05, 0.1) is 18.3 Å². The summed E-state index contributed by atoms with van der Waals surface area (Å²) in [6.45, 7) is 12.2. The molecule has 4 aromatic rings. The fraction of sp³-hybridized carbons (Fsp3) is 0.429. The van der Waals surface area contributed by atoms with Crippen molar-refractivity contribution in [2.24, 2.45) is 11.8 Å². The number of thiophene rings is 2. The third-order valence-electron chi connectivity index (χ3n) is 11.4. The number of Topliss-reactive ketones (excluding diaryl/α,β-unsaturated/α-hetero) is 1. The fourth-order valence-electron chi connectivity index (χ4n) is 8.32. The smallest absolute Gasteiger partial charge is 0.251 e. The Labute approximate surface area is 340 Å². The van der Waals surface area contributed by atoms with E-state index in [0.29, 0.717) is 35.0 Å². The van der Waals surface area contributed by atoms with Crippen molar-refractivity contribution in [2.75, 3.05) is 31.5 Å². The molecule has 8 heterocycles. The molecule has 4 atom stereocenters. The van der Waals surface area contributed by atoms with Crippen molar-refractivity contribution in [3.05, 3.63) is 88.8 Å². The number of amides is 3. The van der Waals surface area contributed by atoms with Gasteiger partial charge in [-0.1, -0.05) is 23.5 Å². The van der Waals surface area contributed by atoms with Crippen LogP contribution in [0.4, 0.5) is 5.00 Å². The number of carbonyl (C=O) groups excluding carboxylic acids is 4. The quantitative estimate of drug-likeness (QED) is 0.137. The van der Waals surface area contributed by atoms with Crippen molar-refractivity contribution in [2.45, 2.75) is 95.8 Å². The van der Waals surface area contributed by atoms with E-state index in [0.717, 1.165) is 54.3 Å². The van der Waals surface area contributed by atoms with Gasteiger partial charge in [0.2, 0.25) is 5.91 Å². The van der Waals surface area contributed by atoms with E-state index in [9.17, 15) is 19.2 Å². The first-order chi connectivity index (χ1) is 26.5. The second kappa shape index (κ2) is 17.8. The van der Waals surface area contributed by atoms with E-state index in [2.05, 4.69) is 39.6 Å². The van der Waals surface area contributed by atoms with Crippen LogP contribution in [0.1, 0.15) is 83.8 Å². The summed E-state index contributed by atoms with van der Waals surface area (Å²) in [6, 6.07) is 24.6. The lowest BCUT2D eigenvalue weighted by Gasteiger charge is -2.49. The van der Waals surface area contributed by atoms with Crippen molar-refractivity contribution in [1.82, 2.24) is 20.4 Å². The van der Waals surface area contributed by atoms with Crippen molar-refractivity contribution in [3.63, 3.8) is 0 Å². The van der Waals surface area contributed by atoms with Gasteiger partial charge in [-0.05, 0) is 157 Å². The van der Waals surface area contributed by atoms with Gasteiger partial charge in [-0.3, -0.25) is 29.0 Å². The zero-order valence-corrected chi connectivity index (χ0v) is 35.0. The number of fused-ring (bicyclic) bond motifs is 6. The molecule has 2 aromatic carbocycles. The molecule has 0 radical (unpaired) electrons. The molecule has 13 heteroatoms. The predicted molar refractivity (Wildman–Crippen MR) is 224 cm³/mol. The minimum Gasteiger partial charge on any atom is -0.347 e. The molecule has 6 aliphatic heterocycles. The highest BCUT2D eigenvalue weighted by atomic mass is 32.2. The molecule has 55 heavy (non-hydrogen) atoms. The first-order valence-electron chi connectivity index (χ1n) is 19.1. The second-order valence-corrected chi connectivity index (χ2v) is 19.9. The Balaban J connectivity index is 0.000000169.